The van der Waals surface area contributed by atoms with Crippen LogP contribution in [0.4, 0.5) is 0 Å². The number of nitrogens with zero attached hydrogens (tertiary/aromatic N) is 2. The van der Waals surface area contributed by atoms with Crippen LogP contribution in [0.25, 0.3) is 17.0 Å². The number of allylic oxidation sites excluding steroid dienone is 1. The molecule has 15 heavy (non-hydrogen) atoms. The van der Waals surface area contributed by atoms with Crippen molar-refractivity contribution in [2.24, 2.45) is 0 Å². The van der Waals surface area contributed by atoms with Crippen LogP contribution >= 0.6 is 0 Å². The van der Waals surface area contributed by atoms with Gasteiger partial charge in [0.15, 0.2) is 0 Å². The van der Waals surface area contributed by atoms with Crippen LogP contribution in [0.15, 0.2) is 36.4 Å². The van der Waals surface area contributed by atoms with Crippen molar-refractivity contribution in [1.82, 2.24) is 4.98 Å². The van der Waals surface area contributed by atoms with Crippen molar-refractivity contribution in [3.05, 3.63) is 47.7 Å². The average molecular weight is 194 g/mol. The van der Waals surface area contributed by atoms with E-state index in [9.17, 15) is 0 Å². The molecule has 1 aromatic heterocycles. The van der Waals surface area contributed by atoms with Crippen molar-refractivity contribution in [2.75, 3.05) is 0 Å². The zero-order chi connectivity index (χ0) is 10.7. The molecule has 0 bridgehead atoms. The first-order chi connectivity index (χ1) is 7.29. The molecule has 2 nitrogen and oxygen atoms in total. The lowest BCUT2D eigenvalue weighted by Crippen LogP contribution is -1.83. The Hall–Kier alpha value is -2.14. The maximum Gasteiger partial charge on any atom is 0.0912 e. The lowest BCUT2D eigenvalue weighted by molar-refractivity contribution is 1.26. The summed E-state index contributed by atoms with van der Waals surface area (Å²) in [6.45, 7) is 1.98. The van der Waals surface area contributed by atoms with Gasteiger partial charge in [0, 0.05) is 17.2 Å². The van der Waals surface area contributed by atoms with E-state index in [4.69, 9.17) is 5.26 Å². The molecule has 0 saturated heterocycles. The first kappa shape index (κ1) is 9.42. The highest BCUT2D eigenvalue weighted by Gasteiger charge is 1.95. The predicted molar refractivity (Wildman–Crippen MR) is 61.1 cm³/mol. The Morgan fingerprint density at radius 1 is 1.27 bits per heavy atom. The van der Waals surface area contributed by atoms with E-state index in [1.165, 1.54) is 6.08 Å². The Labute approximate surface area is 88.5 Å². The Bertz CT molecular complexity index is 562. The van der Waals surface area contributed by atoms with Crippen LogP contribution in [-0.4, -0.2) is 4.98 Å². The maximum atomic E-state index is 8.43. The second kappa shape index (κ2) is 3.93. The second-order valence-corrected chi connectivity index (χ2v) is 3.37. The smallest absolute Gasteiger partial charge is 0.0912 e. The van der Waals surface area contributed by atoms with Crippen molar-refractivity contribution in [2.45, 2.75) is 6.92 Å². The molecule has 2 rings (SSSR count). The summed E-state index contributed by atoms with van der Waals surface area (Å²) < 4.78 is 0. The molecule has 1 heterocycles. The molecule has 2 heteroatoms. The second-order valence-electron chi connectivity index (χ2n) is 3.37. The molecule has 0 spiro atoms. The van der Waals surface area contributed by atoms with E-state index in [1.807, 2.05) is 43.3 Å². The summed E-state index contributed by atoms with van der Waals surface area (Å²) in [6, 6.07) is 12.0. The molecular formula is C13H10N2. The summed E-state index contributed by atoms with van der Waals surface area (Å²) in [4.78, 5) is 4.41. The molecule has 0 aliphatic carbocycles. The number of aromatic nitrogens is 1. The van der Waals surface area contributed by atoms with Crippen molar-refractivity contribution >= 4 is 17.0 Å². The lowest BCUT2D eigenvalue weighted by Gasteiger charge is -1.99. The van der Waals surface area contributed by atoms with Gasteiger partial charge in [0.2, 0.25) is 0 Å². The van der Waals surface area contributed by atoms with E-state index in [0.717, 1.165) is 22.2 Å². The van der Waals surface area contributed by atoms with Gasteiger partial charge >= 0.3 is 0 Å². The summed E-state index contributed by atoms with van der Waals surface area (Å²) in [5.41, 5.74) is 3.03. The summed E-state index contributed by atoms with van der Waals surface area (Å²) in [5.74, 6) is 0. The fourth-order valence-corrected chi connectivity index (χ4v) is 1.48. The largest absolute Gasteiger partial charge is 0.253 e. The van der Waals surface area contributed by atoms with Crippen molar-refractivity contribution < 1.29 is 0 Å². The van der Waals surface area contributed by atoms with Gasteiger partial charge in [-0.3, -0.25) is 4.98 Å². The number of hydrogen-bond donors (Lipinski definition) is 0. The summed E-state index contributed by atoms with van der Waals surface area (Å²) in [7, 11) is 0. The Morgan fingerprint density at radius 3 is 2.93 bits per heavy atom. The molecule has 0 atom stereocenters. The fraction of sp³-hybridized carbons (Fsp3) is 0.0769. The number of aryl methyl sites for hydroxylation is 1. The number of pyridine rings is 1. The fourth-order valence-electron chi connectivity index (χ4n) is 1.48. The summed E-state index contributed by atoms with van der Waals surface area (Å²) in [5, 5.41) is 9.53. The van der Waals surface area contributed by atoms with Gasteiger partial charge in [0.05, 0.1) is 11.6 Å². The van der Waals surface area contributed by atoms with Crippen molar-refractivity contribution in [3.8, 4) is 6.07 Å². The normalized spacial score (nSPS) is 10.7. The van der Waals surface area contributed by atoms with Crippen molar-refractivity contribution in [3.63, 3.8) is 0 Å². The van der Waals surface area contributed by atoms with E-state index in [2.05, 4.69) is 4.98 Å². The van der Waals surface area contributed by atoms with Crippen LogP contribution in [0.1, 0.15) is 11.3 Å². The van der Waals surface area contributed by atoms with Gasteiger partial charge in [-0.05, 0) is 36.8 Å². The molecule has 0 aliphatic heterocycles. The Morgan fingerprint density at radius 2 is 2.13 bits per heavy atom. The van der Waals surface area contributed by atoms with E-state index in [1.54, 1.807) is 6.08 Å². The van der Waals surface area contributed by atoms with E-state index < -0.39 is 0 Å². The van der Waals surface area contributed by atoms with E-state index in [0.29, 0.717) is 0 Å². The number of benzene rings is 1. The maximum absolute atomic E-state index is 8.43. The SMILES string of the molecule is Cc1ccc2cc(C=CC#N)ccc2n1. The highest BCUT2D eigenvalue weighted by molar-refractivity contribution is 5.81. The molecule has 0 unspecified atom stereocenters. The number of nitriles is 1. The molecule has 1 aromatic carbocycles. The average Bonchev–Trinajstić information content (AvgIpc) is 2.26. The van der Waals surface area contributed by atoms with Gasteiger partial charge in [-0.25, -0.2) is 0 Å². The van der Waals surface area contributed by atoms with Gasteiger partial charge in [-0.15, -0.1) is 0 Å². The van der Waals surface area contributed by atoms with Gasteiger partial charge in [-0.1, -0.05) is 12.1 Å². The molecule has 0 radical (unpaired) electrons. The quantitative estimate of drug-likeness (QED) is 0.654. The minimum absolute atomic E-state index is 0.990. The minimum atomic E-state index is 0.990. The van der Waals surface area contributed by atoms with Crippen LogP contribution in [0, 0.1) is 18.3 Å². The van der Waals surface area contributed by atoms with Crippen LogP contribution in [0.2, 0.25) is 0 Å². The standard InChI is InChI=1S/C13H10N2/c1-10-4-6-12-9-11(3-2-8-14)5-7-13(12)15-10/h2-7,9H,1H3. The number of rotatable bonds is 1. The summed E-state index contributed by atoms with van der Waals surface area (Å²) >= 11 is 0. The first-order valence-corrected chi connectivity index (χ1v) is 4.73. The van der Waals surface area contributed by atoms with Crippen molar-refractivity contribution in [1.29, 1.82) is 5.26 Å². The van der Waals surface area contributed by atoms with E-state index >= 15 is 0 Å². The zero-order valence-electron chi connectivity index (χ0n) is 8.44. The molecule has 0 aliphatic rings. The van der Waals surface area contributed by atoms with Crippen LogP contribution < -0.4 is 0 Å². The van der Waals surface area contributed by atoms with Gasteiger partial charge in [0.1, 0.15) is 0 Å². The minimum Gasteiger partial charge on any atom is -0.253 e. The van der Waals surface area contributed by atoms with Crippen LogP contribution in [0.3, 0.4) is 0 Å². The topological polar surface area (TPSA) is 36.7 Å². The van der Waals surface area contributed by atoms with Gasteiger partial charge < -0.3 is 0 Å². The predicted octanol–water partition coefficient (Wildman–Crippen LogP) is 3.08. The third kappa shape index (κ3) is 2.03. The number of hydrogen-bond acceptors (Lipinski definition) is 2. The zero-order valence-corrected chi connectivity index (χ0v) is 8.44. The Balaban J connectivity index is 2.53. The van der Waals surface area contributed by atoms with Gasteiger partial charge in [0.25, 0.3) is 0 Å². The Kier molecular flexibility index (Phi) is 2.47. The molecule has 0 fully saturated rings. The van der Waals surface area contributed by atoms with Crippen LogP contribution in [0.5, 0.6) is 0 Å². The highest BCUT2D eigenvalue weighted by atomic mass is 14.7. The van der Waals surface area contributed by atoms with E-state index in [-0.39, 0.29) is 0 Å². The van der Waals surface area contributed by atoms with Crippen LogP contribution in [-0.2, 0) is 0 Å². The molecule has 0 N–H and O–H groups in total. The monoisotopic (exact) mass is 194 g/mol. The molecule has 72 valence electrons. The molecule has 2 aromatic rings. The molecule has 0 saturated carbocycles. The molecular weight excluding hydrogens is 184 g/mol. The molecule has 0 amide bonds. The van der Waals surface area contributed by atoms with Gasteiger partial charge in [-0.2, -0.15) is 5.26 Å². The highest BCUT2D eigenvalue weighted by Crippen LogP contribution is 2.15. The lowest BCUT2D eigenvalue weighted by atomic mass is 10.1. The third-order valence-electron chi connectivity index (χ3n) is 2.20. The number of fused-ring (bicyclic) bond motifs is 1. The third-order valence-corrected chi connectivity index (χ3v) is 2.20. The summed E-state index contributed by atoms with van der Waals surface area (Å²) in [6.07, 6.45) is 3.27. The first-order valence-electron chi connectivity index (χ1n) is 4.73.